The maximum absolute atomic E-state index is 13.0. The minimum absolute atomic E-state index is 0.103. The molecule has 1 aromatic heterocycles. The van der Waals surface area contributed by atoms with E-state index in [9.17, 15) is 14.7 Å². The Balaban J connectivity index is 1.66. The number of benzene rings is 1. The van der Waals surface area contributed by atoms with Crippen LogP contribution < -0.4 is 0 Å². The molecule has 0 spiro atoms. The standard InChI is InChI=1S/C19H21ClN4O3/c1-19(18(26)27)9-4-10-23(11-19)17(25)15-21-16(12-7-8-12)24(22-15)14-6-3-2-5-13(14)20/h2-3,5-6,12H,4,7-11H2,1H3,(H,26,27). The molecule has 2 fully saturated rings. The van der Waals surface area contributed by atoms with E-state index in [1.807, 2.05) is 18.2 Å². The summed E-state index contributed by atoms with van der Waals surface area (Å²) in [6.45, 7) is 2.36. The second kappa shape index (κ2) is 6.64. The van der Waals surface area contributed by atoms with Crippen molar-refractivity contribution in [2.75, 3.05) is 13.1 Å². The number of hydrogen-bond acceptors (Lipinski definition) is 4. The van der Waals surface area contributed by atoms with E-state index in [0.717, 1.165) is 18.7 Å². The molecule has 1 aliphatic carbocycles. The maximum Gasteiger partial charge on any atom is 0.311 e. The van der Waals surface area contributed by atoms with E-state index in [1.54, 1.807) is 22.6 Å². The summed E-state index contributed by atoms with van der Waals surface area (Å²) in [4.78, 5) is 30.6. The molecule has 142 valence electrons. The lowest BCUT2D eigenvalue weighted by Gasteiger charge is -2.36. The van der Waals surface area contributed by atoms with Crippen molar-refractivity contribution in [2.45, 2.75) is 38.5 Å². The first-order chi connectivity index (χ1) is 12.9. The lowest BCUT2D eigenvalue weighted by molar-refractivity contribution is -0.150. The van der Waals surface area contributed by atoms with Crippen molar-refractivity contribution in [3.05, 3.63) is 40.9 Å². The lowest BCUT2D eigenvalue weighted by atomic mass is 9.82. The molecule has 1 amide bonds. The summed E-state index contributed by atoms with van der Waals surface area (Å²) in [5.41, 5.74) is -0.236. The zero-order chi connectivity index (χ0) is 19.2. The molecule has 1 N–H and O–H groups in total. The van der Waals surface area contributed by atoms with Gasteiger partial charge in [0.15, 0.2) is 0 Å². The van der Waals surface area contributed by atoms with Gasteiger partial charge in [-0.25, -0.2) is 9.67 Å². The zero-order valence-corrected chi connectivity index (χ0v) is 15.8. The fraction of sp³-hybridized carbons (Fsp3) is 0.474. The summed E-state index contributed by atoms with van der Waals surface area (Å²) in [6.07, 6.45) is 3.23. The van der Waals surface area contributed by atoms with Crippen molar-refractivity contribution < 1.29 is 14.7 Å². The zero-order valence-electron chi connectivity index (χ0n) is 15.1. The monoisotopic (exact) mass is 388 g/mol. The molecule has 8 heteroatoms. The van der Waals surface area contributed by atoms with Gasteiger partial charge in [0.2, 0.25) is 5.82 Å². The number of halogens is 1. The highest BCUT2D eigenvalue weighted by Gasteiger charge is 2.41. The predicted molar refractivity (Wildman–Crippen MR) is 99.2 cm³/mol. The number of nitrogens with zero attached hydrogens (tertiary/aromatic N) is 4. The molecule has 1 atom stereocenters. The van der Waals surface area contributed by atoms with Gasteiger partial charge >= 0.3 is 5.97 Å². The van der Waals surface area contributed by atoms with Crippen molar-refractivity contribution in [3.63, 3.8) is 0 Å². The summed E-state index contributed by atoms with van der Waals surface area (Å²) in [6, 6.07) is 7.33. The van der Waals surface area contributed by atoms with Gasteiger partial charge in [-0.05, 0) is 44.7 Å². The van der Waals surface area contributed by atoms with E-state index >= 15 is 0 Å². The van der Waals surface area contributed by atoms with Gasteiger partial charge in [-0.2, -0.15) is 0 Å². The van der Waals surface area contributed by atoms with Gasteiger partial charge in [-0.3, -0.25) is 9.59 Å². The number of amides is 1. The molecule has 2 aliphatic rings. The van der Waals surface area contributed by atoms with Crippen LogP contribution in [0.1, 0.15) is 55.0 Å². The molecule has 7 nitrogen and oxygen atoms in total. The van der Waals surface area contributed by atoms with Crippen LogP contribution in [0.5, 0.6) is 0 Å². The average Bonchev–Trinajstić information content (AvgIpc) is 3.40. The Morgan fingerprint density at radius 1 is 1.30 bits per heavy atom. The van der Waals surface area contributed by atoms with Gasteiger partial charge in [0.05, 0.1) is 16.1 Å². The SMILES string of the molecule is CC1(C(=O)O)CCCN(C(=O)c2nc(C3CC3)n(-c3ccccc3Cl)n2)C1. The Labute approximate surface area is 161 Å². The number of carbonyl (C=O) groups is 2. The normalized spacial score (nSPS) is 22.7. The van der Waals surface area contributed by atoms with Crippen LogP contribution in [0.2, 0.25) is 5.02 Å². The second-order valence-corrected chi connectivity index (χ2v) is 8.03. The van der Waals surface area contributed by atoms with Crippen molar-refractivity contribution in [1.82, 2.24) is 19.7 Å². The van der Waals surface area contributed by atoms with Gasteiger partial charge in [-0.1, -0.05) is 23.7 Å². The first-order valence-corrected chi connectivity index (χ1v) is 9.51. The Kier molecular flexibility index (Phi) is 4.42. The van der Waals surface area contributed by atoms with E-state index in [1.165, 1.54) is 0 Å². The molecular weight excluding hydrogens is 368 g/mol. The van der Waals surface area contributed by atoms with Gasteiger partial charge < -0.3 is 10.0 Å². The van der Waals surface area contributed by atoms with Crippen LogP contribution in [0.15, 0.2) is 24.3 Å². The number of likely N-dealkylation sites (tertiary alicyclic amines) is 1. The molecular formula is C19H21ClN4O3. The van der Waals surface area contributed by atoms with Crippen LogP contribution in [0.3, 0.4) is 0 Å². The van der Waals surface area contributed by atoms with E-state index in [4.69, 9.17) is 11.6 Å². The van der Waals surface area contributed by atoms with Crippen molar-refractivity contribution in [2.24, 2.45) is 5.41 Å². The highest BCUT2D eigenvalue weighted by atomic mass is 35.5. The van der Waals surface area contributed by atoms with Gasteiger partial charge in [-0.15, -0.1) is 5.10 Å². The fourth-order valence-corrected chi connectivity index (χ4v) is 3.77. The van der Waals surface area contributed by atoms with Crippen molar-refractivity contribution in [3.8, 4) is 5.69 Å². The summed E-state index contributed by atoms with van der Waals surface area (Å²) < 4.78 is 1.66. The Morgan fingerprint density at radius 3 is 2.70 bits per heavy atom. The minimum atomic E-state index is -0.932. The molecule has 1 saturated carbocycles. The average molecular weight is 389 g/mol. The molecule has 1 aromatic carbocycles. The third kappa shape index (κ3) is 3.32. The van der Waals surface area contributed by atoms with Gasteiger partial charge in [0.1, 0.15) is 5.82 Å². The number of carbonyl (C=O) groups excluding carboxylic acids is 1. The largest absolute Gasteiger partial charge is 0.481 e. The van der Waals surface area contributed by atoms with Gasteiger partial charge in [0.25, 0.3) is 5.91 Å². The molecule has 1 aliphatic heterocycles. The number of hydrogen-bond donors (Lipinski definition) is 1. The molecule has 0 bridgehead atoms. The lowest BCUT2D eigenvalue weighted by Crippen LogP contribution is -2.48. The summed E-state index contributed by atoms with van der Waals surface area (Å²) in [5, 5.41) is 14.5. The number of aromatic nitrogens is 3. The van der Waals surface area contributed by atoms with Crippen molar-refractivity contribution >= 4 is 23.5 Å². The molecule has 0 radical (unpaired) electrons. The van der Waals surface area contributed by atoms with E-state index in [0.29, 0.717) is 30.1 Å². The summed E-state index contributed by atoms with van der Waals surface area (Å²) in [7, 11) is 0. The Bertz CT molecular complexity index is 908. The number of rotatable bonds is 4. The molecule has 27 heavy (non-hydrogen) atoms. The predicted octanol–water partition coefficient (Wildman–Crippen LogP) is 3.13. The van der Waals surface area contributed by atoms with Crippen LogP contribution in [-0.2, 0) is 4.79 Å². The second-order valence-electron chi connectivity index (χ2n) is 7.63. The maximum atomic E-state index is 13.0. The quantitative estimate of drug-likeness (QED) is 0.869. The highest BCUT2D eigenvalue weighted by Crippen LogP contribution is 2.40. The van der Waals surface area contributed by atoms with Crippen LogP contribution in [0.4, 0.5) is 0 Å². The number of para-hydroxylation sites is 1. The van der Waals surface area contributed by atoms with Gasteiger partial charge in [0, 0.05) is 19.0 Å². The molecule has 2 heterocycles. The van der Waals surface area contributed by atoms with Crippen LogP contribution in [-0.4, -0.2) is 49.7 Å². The molecule has 1 saturated heterocycles. The number of carboxylic acid groups (broad SMARTS) is 1. The highest BCUT2D eigenvalue weighted by molar-refractivity contribution is 6.32. The number of aliphatic carboxylic acids is 1. The molecule has 4 rings (SSSR count). The summed E-state index contributed by atoms with van der Waals surface area (Å²) in [5.74, 6) is -0.0833. The third-order valence-electron chi connectivity index (χ3n) is 5.35. The smallest absolute Gasteiger partial charge is 0.311 e. The molecule has 2 aromatic rings. The van der Waals surface area contributed by atoms with E-state index < -0.39 is 11.4 Å². The Hall–Kier alpha value is -2.41. The van der Waals surface area contributed by atoms with E-state index in [2.05, 4.69) is 10.1 Å². The molecule has 1 unspecified atom stereocenters. The first-order valence-electron chi connectivity index (χ1n) is 9.13. The van der Waals surface area contributed by atoms with E-state index in [-0.39, 0.29) is 24.2 Å². The topological polar surface area (TPSA) is 88.3 Å². The van der Waals surface area contributed by atoms with Crippen LogP contribution in [0.25, 0.3) is 5.69 Å². The van der Waals surface area contributed by atoms with Crippen LogP contribution >= 0.6 is 11.6 Å². The number of carboxylic acids is 1. The van der Waals surface area contributed by atoms with Crippen molar-refractivity contribution in [1.29, 1.82) is 0 Å². The first kappa shape index (κ1) is 18.0. The number of piperidine rings is 1. The van der Waals surface area contributed by atoms with Crippen LogP contribution in [0, 0.1) is 5.41 Å². The minimum Gasteiger partial charge on any atom is -0.481 e. The third-order valence-corrected chi connectivity index (χ3v) is 5.67. The summed E-state index contributed by atoms with van der Waals surface area (Å²) >= 11 is 6.32. The fourth-order valence-electron chi connectivity index (χ4n) is 3.55. The Morgan fingerprint density at radius 2 is 2.04 bits per heavy atom.